The Hall–Kier alpha value is -1.27. The van der Waals surface area contributed by atoms with Crippen molar-refractivity contribution >= 4 is 34.9 Å². The summed E-state index contributed by atoms with van der Waals surface area (Å²) in [4.78, 5) is 15.0. The van der Waals surface area contributed by atoms with E-state index < -0.39 is 18.5 Å². The second kappa shape index (κ2) is 12.1. The molecule has 1 heterocycles. The molecule has 0 atom stereocenters. The molecule has 0 aliphatic heterocycles. The molecular weight excluding hydrogens is 370 g/mol. The van der Waals surface area contributed by atoms with Crippen LogP contribution in [-0.2, 0) is 9.53 Å². The molecule has 0 bridgehead atoms. The van der Waals surface area contributed by atoms with Crippen molar-refractivity contribution in [3.8, 4) is 5.88 Å². The van der Waals surface area contributed by atoms with Crippen LogP contribution in [0.2, 0.25) is 10.0 Å². The Kier molecular flexibility index (Phi) is 10.6. The highest BCUT2D eigenvalue weighted by Crippen LogP contribution is 2.35. The largest absolute Gasteiger partial charge is 0.464 e. The van der Waals surface area contributed by atoms with Gasteiger partial charge in [0.1, 0.15) is 10.0 Å². The van der Waals surface area contributed by atoms with Crippen LogP contribution in [-0.4, -0.2) is 24.2 Å². The van der Waals surface area contributed by atoms with Gasteiger partial charge in [0.05, 0.1) is 12.3 Å². The molecule has 8 heteroatoms. The Morgan fingerprint density at radius 1 is 1.08 bits per heavy atom. The Morgan fingerprint density at radius 3 is 2.32 bits per heavy atom. The summed E-state index contributed by atoms with van der Waals surface area (Å²) in [6.45, 7) is 2.10. The second-order valence-electron chi connectivity index (χ2n) is 5.73. The number of rotatable bonds is 12. The van der Waals surface area contributed by atoms with Crippen molar-refractivity contribution in [1.82, 2.24) is 4.98 Å². The normalized spacial score (nSPS) is 10.7. The summed E-state index contributed by atoms with van der Waals surface area (Å²) in [7, 11) is 0. The van der Waals surface area contributed by atoms with Gasteiger partial charge in [0.25, 0.3) is 0 Å². The molecule has 0 aliphatic rings. The lowest BCUT2D eigenvalue weighted by Crippen LogP contribution is -2.16. The first-order valence-corrected chi connectivity index (χ1v) is 9.31. The van der Waals surface area contributed by atoms with Gasteiger partial charge in [-0.15, -0.1) is 0 Å². The number of pyridine rings is 1. The van der Waals surface area contributed by atoms with Gasteiger partial charge in [0, 0.05) is 0 Å². The van der Waals surface area contributed by atoms with E-state index in [1.165, 1.54) is 32.1 Å². The zero-order valence-corrected chi connectivity index (χ0v) is 16.0. The summed E-state index contributed by atoms with van der Waals surface area (Å²) in [6.07, 6.45) is 9.26. The number of carbonyl (C=O) groups is 1. The minimum atomic E-state index is -1.01. The number of nitrogen functional groups attached to an aromatic ring is 1. The standard InChI is InChI=1S/C17H25Cl2FN2O3/c1-2-3-4-5-6-7-8-9-10-24-12(23)11-25-17-14(19)15(21)13(18)16(20)22-17/h2-11H2,1H3,(H2,21,22). The monoisotopic (exact) mass is 394 g/mol. The Labute approximate surface area is 158 Å². The third-order valence-electron chi connectivity index (χ3n) is 3.63. The van der Waals surface area contributed by atoms with Crippen LogP contribution in [0.3, 0.4) is 0 Å². The van der Waals surface area contributed by atoms with Crippen LogP contribution >= 0.6 is 23.2 Å². The van der Waals surface area contributed by atoms with Crippen LogP contribution in [0.4, 0.5) is 10.1 Å². The van der Waals surface area contributed by atoms with Crippen LogP contribution in [0.15, 0.2) is 0 Å². The second-order valence-corrected chi connectivity index (χ2v) is 6.49. The molecule has 0 saturated carbocycles. The summed E-state index contributed by atoms with van der Waals surface area (Å²) >= 11 is 11.4. The first-order valence-electron chi connectivity index (χ1n) is 8.55. The van der Waals surface area contributed by atoms with E-state index in [0.29, 0.717) is 6.61 Å². The zero-order valence-electron chi connectivity index (χ0n) is 14.5. The van der Waals surface area contributed by atoms with Crippen molar-refractivity contribution in [3.63, 3.8) is 0 Å². The summed E-state index contributed by atoms with van der Waals surface area (Å²) in [5.74, 6) is -1.87. The third kappa shape index (κ3) is 8.10. The molecule has 0 fully saturated rings. The Balaban J connectivity index is 2.18. The van der Waals surface area contributed by atoms with Gasteiger partial charge in [-0.1, -0.05) is 75.1 Å². The summed E-state index contributed by atoms with van der Waals surface area (Å²) in [5, 5.41) is -0.517. The fourth-order valence-electron chi connectivity index (χ4n) is 2.20. The van der Waals surface area contributed by atoms with Crippen molar-refractivity contribution in [2.24, 2.45) is 0 Å². The number of ether oxygens (including phenoxy) is 2. The Morgan fingerprint density at radius 2 is 1.68 bits per heavy atom. The number of halogens is 3. The van der Waals surface area contributed by atoms with E-state index in [1.807, 2.05) is 0 Å². The predicted molar refractivity (Wildman–Crippen MR) is 97.7 cm³/mol. The third-order valence-corrected chi connectivity index (χ3v) is 4.35. The highest BCUT2D eigenvalue weighted by Gasteiger charge is 2.17. The minimum Gasteiger partial charge on any atom is -0.464 e. The van der Waals surface area contributed by atoms with Gasteiger partial charge in [0.2, 0.25) is 11.8 Å². The number of unbranched alkanes of at least 4 members (excludes halogenated alkanes) is 7. The van der Waals surface area contributed by atoms with Crippen LogP contribution in [0.5, 0.6) is 5.88 Å². The summed E-state index contributed by atoms with van der Waals surface area (Å²) < 4.78 is 23.5. The number of hydrogen-bond donors (Lipinski definition) is 1. The topological polar surface area (TPSA) is 74.4 Å². The lowest BCUT2D eigenvalue weighted by atomic mass is 10.1. The van der Waals surface area contributed by atoms with Gasteiger partial charge in [-0.25, -0.2) is 4.79 Å². The SMILES string of the molecule is CCCCCCCCCCOC(=O)COc1nc(F)c(Cl)c(N)c1Cl. The lowest BCUT2D eigenvalue weighted by Gasteiger charge is -2.10. The first-order chi connectivity index (χ1) is 12.0. The van der Waals surface area contributed by atoms with Gasteiger partial charge >= 0.3 is 5.97 Å². The maximum absolute atomic E-state index is 13.4. The molecule has 142 valence electrons. The van der Waals surface area contributed by atoms with Crippen molar-refractivity contribution in [3.05, 3.63) is 16.0 Å². The van der Waals surface area contributed by atoms with Crippen LogP contribution < -0.4 is 10.5 Å². The average Bonchev–Trinajstić information content (AvgIpc) is 2.60. The predicted octanol–water partition coefficient (Wildman–Crippen LogP) is 5.17. The number of aromatic nitrogens is 1. The lowest BCUT2D eigenvalue weighted by molar-refractivity contribution is -0.146. The molecule has 0 unspecified atom stereocenters. The fraction of sp³-hybridized carbons (Fsp3) is 0.647. The molecular formula is C17H25Cl2FN2O3. The maximum Gasteiger partial charge on any atom is 0.344 e. The van der Waals surface area contributed by atoms with E-state index in [0.717, 1.165) is 19.3 Å². The number of hydrogen-bond acceptors (Lipinski definition) is 5. The fourth-order valence-corrected chi connectivity index (χ4v) is 2.57. The van der Waals surface area contributed by atoms with E-state index in [-0.39, 0.29) is 21.6 Å². The molecule has 1 rings (SSSR count). The van der Waals surface area contributed by atoms with E-state index in [1.54, 1.807) is 0 Å². The van der Waals surface area contributed by atoms with E-state index >= 15 is 0 Å². The number of carbonyl (C=O) groups excluding carboxylic acids is 1. The van der Waals surface area contributed by atoms with E-state index in [4.69, 9.17) is 38.4 Å². The number of anilines is 1. The number of nitrogens with two attached hydrogens (primary N) is 1. The van der Waals surface area contributed by atoms with Crippen molar-refractivity contribution in [1.29, 1.82) is 0 Å². The molecule has 0 spiro atoms. The molecule has 25 heavy (non-hydrogen) atoms. The highest BCUT2D eigenvalue weighted by atomic mass is 35.5. The molecule has 5 nitrogen and oxygen atoms in total. The number of nitrogens with zero attached hydrogens (tertiary/aromatic N) is 1. The van der Waals surface area contributed by atoms with Crippen molar-refractivity contribution in [2.45, 2.75) is 58.3 Å². The van der Waals surface area contributed by atoms with Gasteiger partial charge in [-0.05, 0) is 6.42 Å². The molecule has 0 saturated heterocycles. The molecule has 0 aromatic carbocycles. The minimum absolute atomic E-state index is 0.137. The first kappa shape index (κ1) is 21.8. The van der Waals surface area contributed by atoms with Gasteiger partial charge in [0.15, 0.2) is 6.61 Å². The summed E-state index contributed by atoms with van der Waals surface area (Å²) in [6, 6.07) is 0. The maximum atomic E-state index is 13.4. The van der Waals surface area contributed by atoms with Gasteiger partial charge < -0.3 is 15.2 Å². The van der Waals surface area contributed by atoms with Crippen molar-refractivity contribution in [2.75, 3.05) is 18.9 Å². The molecule has 1 aromatic heterocycles. The van der Waals surface area contributed by atoms with Gasteiger partial charge in [-0.2, -0.15) is 9.37 Å². The number of esters is 1. The van der Waals surface area contributed by atoms with E-state index in [9.17, 15) is 9.18 Å². The Bertz CT molecular complexity index is 559. The quantitative estimate of drug-likeness (QED) is 0.300. The van der Waals surface area contributed by atoms with E-state index in [2.05, 4.69) is 11.9 Å². The van der Waals surface area contributed by atoms with Gasteiger partial charge in [-0.3, -0.25) is 0 Å². The van der Waals surface area contributed by atoms with Crippen LogP contribution in [0.1, 0.15) is 58.3 Å². The molecule has 2 N–H and O–H groups in total. The average molecular weight is 395 g/mol. The zero-order chi connectivity index (χ0) is 18.7. The highest BCUT2D eigenvalue weighted by molar-refractivity contribution is 6.39. The van der Waals surface area contributed by atoms with Crippen molar-refractivity contribution < 1.29 is 18.7 Å². The van der Waals surface area contributed by atoms with Crippen LogP contribution in [0, 0.1) is 5.95 Å². The molecule has 0 amide bonds. The molecule has 1 aromatic rings. The smallest absolute Gasteiger partial charge is 0.344 e. The summed E-state index contributed by atoms with van der Waals surface area (Å²) in [5.41, 5.74) is 5.33. The molecule has 0 radical (unpaired) electrons. The molecule has 0 aliphatic carbocycles. The van der Waals surface area contributed by atoms with Crippen LogP contribution in [0.25, 0.3) is 0 Å².